The Morgan fingerprint density at radius 1 is 0.500 bits per heavy atom. The van der Waals surface area contributed by atoms with Crippen molar-refractivity contribution in [1.82, 2.24) is 0 Å². The van der Waals surface area contributed by atoms with Gasteiger partial charge in [0.05, 0.1) is 16.6 Å². The van der Waals surface area contributed by atoms with E-state index < -0.39 is 18.3 Å². The molecule has 1 atom stereocenters. The molecule has 3 aliphatic rings. The van der Waals surface area contributed by atoms with E-state index in [2.05, 4.69) is 131 Å². The van der Waals surface area contributed by atoms with Crippen molar-refractivity contribution in [1.29, 1.82) is 0 Å². The van der Waals surface area contributed by atoms with Crippen LogP contribution in [-0.2, 0) is 14.7 Å². The van der Waals surface area contributed by atoms with Crippen LogP contribution in [0.25, 0.3) is 33.0 Å². The van der Waals surface area contributed by atoms with Crippen LogP contribution in [-0.4, -0.2) is 18.3 Å². The molecule has 1 spiro atoms. The van der Waals surface area contributed by atoms with E-state index in [1.54, 1.807) is 0 Å². The van der Waals surface area contributed by atoms with E-state index in [9.17, 15) is 0 Å². The first-order chi connectivity index (χ1) is 18.3. The molecule has 1 saturated heterocycles. The predicted octanol–water partition coefficient (Wildman–Crippen LogP) is 7.48. The van der Waals surface area contributed by atoms with Crippen molar-refractivity contribution in [3.05, 3.63) is 125 Å². The molecule has 0 saturated carbocycles. The third-order valence-corrected chi connectivity index (χ3v) is 9.54. The van der Waals surface area contributed by atoms with Crippen LogP contribution in [0.1, 0.15) is 49.9 Å². The van der Waals surface area contributed by atoms with E-state index in [1.165, 1.54) is 55.3 Å². The highest BCUT2D eigenvalue weighted by atomic mass is 16.7. The smallest absolute Gasteiger partial charge is 0.399 e. The number of hydrogen-bond donors (Lipinski definition) is 0. The summed E-state index contributed by atoms with van der Waals surface area (Å²) in [5, 5.41) is 2.58. The lowest BCUT2D eigenvalue weighted by Gasteiger charge is -2.32. The molecule has 1 heterocycles. The minimum absolute atomic E-state index is 0.387. The predicted molar refractivity (Wildman–Crippen MR) is 156 cm³/mol. The third-order valence-electron chi connectivity index (χ3n) is 9.54. The lowest BCUT2D eigenvalue weighted by Crippen LogP contribution is -2.41. The molecule has 3 heteroatoms. The van der Waals surface area contributed by atoms with Gasteiger partial charge in [0.25, 0.3) is 0 Å². The molecule has 5 aromatic carbocycles. The second-order valence-corrected chi connectivity index (χ2v) is 11.9. The van der Waals surface area contributed by atoms with Crippen molar-refractivity contribution in [2.75, 3.05) is 0 Å². The Bertz CT molecular complexity index is 1780. The lowest BCUT2D eigenvalue weighted by molar-refractivity contribution is 0.00578. The van der Waals surface area contributed by atoms with E-state index in [-0.39, 0.29) is 5.41 Å². The first-order valence-electron chi connectivity index (χ1n) is 13.6. The monoisotopic (exact) mass is 492 g/mol. The maximum atomic E-state index is 6.62. The molecule has 2 nitrogen and oxygen atoms in total. The Morgan fingerprint density at radius 2 is 1.05 bits per heavy atom. The van der Waals surface area contributed by atoms with Crippen molar-refractivity contribution in [3.8, 4) is 22.3 Å². The zero-order valence-electron chi connectivity index (χ0n) is 22.2. The standard InChI is InChI=1S/C35H29BO2/c1-33(2)34(3,4)38-36(37-33)30-19-11-18-28-32(30)25-15-8-10-17-27(25)35(28)26-16-9-7-14-24(26)31-23-13-6-5-12-22(23)20-21-29(31)35/h5-21H,1-4H3. The normalized spacial score (nSPS) is 21.4. The zero-order valence-corrected chi connectivity index (χ0v) is 22.2. The van der Waals surface area contributed by atoms with Crippen molar-refractivity contribution in [2.24, 2.45) is 0 Å². The van der Waals surface area contributed by atoms with Crippen LogP contribution < -0.4 is 5.46 Å². The largest absolute Gasteiger partial charge is 0.495 e. The Morgan fingerprint density at radius 3 is 1.76 bits per heavy atom. The van der Waals surface area contributed by atoms with Gasteiger partial charge in [0.2, 0.25) is 0 Å². The van der Waals surface area contributed by atoms with Gasteiger partial charge in [0.15, 0.2) is 0 Å². The molecule has 1 unspecified atom stereocenters. The Labute approximate surface area is 224 Å². The van der Waals surface area contributed by atoms with E-state index in [4.69, 9.17) is 9.31 Å². The molecule has 0 amide bonds. The van der Waals surface area contributed by atoms with E-state index in [1.807, 2.05) is 0 Å². The molecule has 184 valence electrons. The second kappa shape index (κ2) is 7.25. The van der Waals surface area contributed by atoms with Crippen LogP contribution in [0.15, 0.2) is 103 Å². The van der Waals surface area contributed by atoms with Crippen LogP contribution in [0, 0.1) is 0 Å². The molecule has 8 rings (SSSR count). The Balaban J connectivity index is 1.49. The minimum Gasteiger partial charge on any atom is -0.399 e. The fourth-order valence-corrected chi connectivity index (χ4v) is 7.15. The molecule has 0 N–H and O–H groups in total. The number of fused-ring (bicyclic) bond motifs is 12. The summed E-state index contributed by atoms with van der Waals surface area (Å²) < 4.78 is 13.2. The summed E-state index contributed by atoms with van der Waals surface area (Å²) in [6.45, 7) is 8.50. The van der Waals surface area contributed by atoms with Crippen LogP contribution in [0.5, 0.6) is 0 Å². The van der Waals surface area contributed by atoms with Gasteiger partial charge in [-0.2, -0.15) is 0 Å². The minimum atomic E-state index is -0.425. The fourth-order valence-electron chi connectivity index (χ4n) is 7.15. The third kappa shape index (κ3) is 2.56. The van der Waals surface area contributed by atoms with Crippen LogP contribution in [0.2, 0.25) is 0 Å². The molecule has 0 aromatic heterocycles. The first kappa shape index (κ1) is 22.3. The van der Waals surface area contributed by atoms with Gasteiger partial charge in [-0.15, -0.1) is 0 Å². The van der Waals surface area contributed by atoms with E-state index in [0.29, 0.717) is 0 Å². The quantitative estimate of drug-likeness (QED) is 0.221. The van der Waals surface area contributed by atoms with Gasteiger partial charge in [0, 0.05) is 0 Å². The van der Waals surface area contributed by atoms with Crippen molar-refractivity contribution in [2.45, 2.75) is 44.3 Å². The highest BCUT2D eigenvalue weighted by Crippen LogP contribution is 2.63. The van der Waals surface area contributed by atoms with Crippen molar-refractivity contribution in [3.63, 3.8) is 0 Å². The molecule has 38 heavy (non-hydrogen) atoms. The lowest BCUT2D eigenvalue weighted by atomic mass is 9.68. The average molecular weight is 492 g/mol. The molecule has 0 bridgehead atoms. The first-order valence-corrected chi connectivity index (χ1v) is 13.6. The summed E-state index contributed by atoms with van der Waals surface area (Å²) in [5.74, 6) is 0. The average Bonchev–Trinajstić information content (AvgIpc) is 3.48. The summed E-state index contributed by atoms with van der Waals surface area (Å²) in [6, 6.07) is 38.1. The van der Waals surface area contributed by atoms with Crippen LogP contribution >= 0.6 is 0 Å². The fraction of sp³-hybridized carbons (Fsp3) is 0.200. The zero-order chi connectivity index (χ0) is 25.9. The Hall–Kier alpha value is -3.66. The molecular weight excluding hydrogens is 463 g/mol. The summed E-state index contributed by atoms with van der Waals surface area (Å²) in [4.78, 5) is 0. The summed E-state index contributed by atoms with van der Waals surface area (Å²) in [5.41, 5.74) is 10.5. The molecule has 1 aliphatic heterocycles. The maximum Gasteiger partial charge on any atom is 0.495 e. The van der Waals surface area contributed by atoms with E-state index >= 15 is 0 Å². The van der Waals surface area contributed by atoms with Crippen molar-refractivity contribution < 1.29 is 9.31 Å². The van der Waals surface area contributed by atoms with Gasteiger partial charge < -0.3 is 9.31 Å². The van der Waals surface area contributed by atoms with Crippen LogP contribution in [0.4, 0.5) is 0 Å². The molecule has 0 radical (unpaired) electrons. The molecule has 1 fully saturated rings. The van der Waals surface area contributed by atoms with Crippen LogP contribution in [0.3, 0.4) is 0 Å². The topological polar surface area (TPSA) is 18.5 Å². The summed E-state index contributed by atoms with van der Waals surface area (Å²) in [7, 11) is -0.425. The van der Waals surface area contributed by atoms with Gasteiger partial charge in [-0.25, -0.2) is 0 Å². The summed E-state index contributed by atoms with van der Waals surface area (Å²) >= 11 is 0. The maximum absolute atomic E-state index is 6.62. The SMILES string of the molecule is CC1(C)OB(c2cccc3c2-c2ccccc2C32c3ccccc3-c3c2ccc2ccccc32)OC1(C)C. The Kier molecular flexibility index (Phi) is 4.26. The van der Waals surface area contributed by atoms with Gasteiger partial charge >= 0.3 is 7.12 Å². The second-order valence-electron chi connectivity index (χ2n) is 11.9. The summed E-state index contributed by atoms with van der Waals surface area (Å²) in [6.07, 6.45) is 0. The van der Waals surface area contributed by atoms with Gasteiger partial charge in [-0.3, -0.25) is 0 Å². The molecule has 2 aliphatic carbocycles. The van der Waals surface area contributed by atoms with E-state index in [0.717, 1.165) is 5.46 Å². The number of hydrogen-bond acceptors (Lipinski definition) is 2. The van der Waals surface area contributed by atoms with Gasteiger partial charge in [-0.05, 0) is 88.4 Å². The highest BCUT2D eigenvalue weighted by Gasteiger charge is 2.56. The van der Waals surface area contributed by atoms with Crippen molar-refractivity contribution >= 4 is 23.4 Å². The van der Waals surface area contributed by atoms with Gasteiger partial charge in [-0.1, -0.05) is 103 Å². The molecule has 5 aromatic rings. The van der Waals surface area contributed by atoms with Gasteiger partial charge in [0.1, 0.15) is 0 Å². The highest BCUT2D eigenvalue weighted by molar-refractivity contribution is 6.64. The number of rotatable bonds is 1. The number of benzene rings is 5. The molecular formula is C35H29BO2.